The summed E-state index contributed by atoms with van der Waals surface area (Å²) in [6.45, 7) is 1.27. The Morgan fingerprint density at radius 3 is 2.41 bits per heavy atom. The Morgan fingerprint density at radius 2 is 1.74 bits per heavy atom. The first-order valence-electron chi connectivity index (χ1n) is 9.05. The van der Waals surface area contributed by atoms with E-state index >= 15 is 0 Å². The van der Waals surface area contributed by atoms with Gasteiger partial charge in [-0.15, -0.1) is 0 Å². The first-order chi connectivity index (χ1) is 13.2. The fraction of sp³-hybridized carbons (Fsp3) is 0.286. The molecule has 0 atom stereocenters. The molecular weight excluding hydrogens is 343 g/mol. The van der Waals surface area contributed by atoms with E-state index in [1.807, 2.05) is 24.3 Å². The van der Waals surface area contributed by atoms with Crippen LogP contribution in [0, 0.1) is 17.3 Å². The van der Waals surface area contributed by atoms with E-state index in [4.69, 9.17) is 10.4 Å². The number of nitriles is 1. The molecular formula is C21H19FN4O. The summed E-state index contributed by atoms with van der Waals surface area (Å²) in [6.07, 6.45) is 4.12. The minimum absolute atomic E-state index is 0.0151. The maximum absolute atomic E-state index is 13.2. The summed E-state index contributed by atoms with van der Waals surface area (Å²) in [7, 11) is 0. The van der Waals surface area contributed by atoms with E-state index in [0.717, 1.165) is 29.5 Å². The Labute approximate surface area is 156 Å². The minimum atomic E-state index is -0.272. The van der Waals surface area contributed by atoms with Crippen molar-refractivity contribution in [2.75, 3.05) is 13.1 Å². The average molecular weight is 362 g/mol. The Balaban J connectivity index is 1.76. The SMILES string of the molecule is N#CN1CCC(n2nc(Cc3ccc(F)cc3)c3ccccc3c2=O)CC1. The van der Waals surface area contributed by atoms with Crippen molar-refractivity contribution in [2.45, 2.75) is 25.3 Å². The summed E-state index contributed by atoms with van der Waals surface area (Å²) >= 11 is 0. The lowest BCUT2D eigenvalue weighted by Crippen LogP contribution is -2.37. The van der Waals surface area contributed by atoms with Gasteiger partial charge in [0.25, 0.3) is 5.56 Å². The van der Waals surface area contributed by atoms with Crippen LogP contribution in [0.15, 0.2) is 53.3 Å². The predicted octanol–water partition coefficient (Wildman–Crippen LogP) is 3.24. The molecule has 0 amide bonds. The quantitative estimate of drug-likeness (QED) is 0.671. The molecule has 5 nitrogen and oxygen atoms in total. The third-order valence-electron chi connectivity index (χ3n) is 5.14. The summed E-state index contributed by atoms with van der Waals surface area (Å²) in [5.74, 6) is -0.272. The van der Waals surface area contributed by atoms with E-state index in [2.05, 4.69) is 6.19 Å². The summed E-state index contributed by atoms with van der Waals surface area (Å²) < 4.78 is 14.8. The number of likely N-dealkylation sites (tertiary alicyclic amines) is 1. The number of hydrogen-bond acceptors (Lipinski definition) is 4. The third-order valence-corrected chi connectivity index (χ3v) is 5.14. The molecule has 0 unspecified atom stereocenters. The number of nitrogens with zero attached hydrogens (tertiary/aromatic N) is 4. The number of rotatable bonds is 3. The van der Waals surface area contributed by atoms with Crippen molar-refractivity contribution in [3.05, 3.63) is 76.0 Å². The lowest BCUT2D eigenvalue weighted by Gasteiger charge is -2.29. The number of halogens is 1. The largest absolute Gasteiger partial charge is 0.310 e. The molecule has 1 aliphatic heterocycles. The van der Waals surface area contributed by atoms with Crippen LogP contribution in [0.4, 0.5) is 4.39 Å². The normalized spacial score (nSPS) is 15.0. The van der Waals surface area contributed by atoms with Crippen molar-refractivity contribution >= 4 is 10.8 Å². The van der Waals surface area contributed by atoms with Crippen LogP contribution in [0.3, 0.4) is 0 Å². The summed E-state index contributed by atoms with van der Waals surface area (Å²) in [4.78, 5) is 14.7. The van der Waals surface area contributed by atoms with Crippen molar-refractivity contribution in [3.8, 4) is 6.19 Å². The van der Waals surface area contributed by atoms with Crippen molar-refractivity contribution < 1.29 is 4.39 Å². The monoisotopic (exact) mass is 362 g/mol. The molecule has 6 heteroatoms. The first-order valence-corrected chi connectivity index (χ1v) is 9.05. The Bertz CT molecular complexity index is 1060. The van der Waals surface area contributed by atoms with E-state index in [9.17, 15) is 9.18 Å². The van der Waals surface area contributed by atoms with Gasteiger partial charge in [-0.1, -0.05) is 30.3 Å². The molecule has 27 heavy (non-hydrogen) atoms. The number of aromatic nitrogens is 2. The Hall–Kier alpha value is -3.20. The maximum atomic E-state index is 13.2. The molecule has 4 rings (SSSR count). The highest BCUT2D eigenvalue weighted by atomic mass is 19.1. The molecule has 1 aromatic heterocycles. The highest BCUT2D eigenvalue weighted by molar-refractivity contribution is 5.83. The molecule has 1 fully saturated rings. The molecule has 136 valence electrons. The van der Waals surface area contributed by atoms with Gasteiger partial charge in [0.1, 0.15) is 5.82 Å². The third kappa shape index (κ3) is 3.41. The van der Waals surface area contributed by atoms with Crippen LogP contribution in [0.1, 0.15) is 30.1 Å². The second kappa shape index (κ2) is 7.20. The van der Waals surface area contributed by atoms with E-state index in [-0.39, 0.29) is 17.4 Å². The van der Waals surface area contributed by atoms with Gasteiger partial charge in [-0.3, -0.25) is 4.79 Å². The molecule has 2 aromatic carbocycles. The van der Waals surface area contributed by atoms with E-state index in [1.54, 1.807) is 21.7 Å². The van der Waals surface area contributed by atoms with Crippen molar-refractivity contribution in [2.24, 2.45) is 0 Å². The average Bonchev–Trinajstić information content (AvgIpc) is 2.72. The predicted molar refractivity (Wildman–Crippen MR) is 101 cm³/mol. The lowest BCUT2D eigenvalue weighted by molar-refractivity contribution is 0.236. The van der Waals surface area contributed by atoms with Crippen LogP contribution < -0.4 is 5.56 Å². The molecule has 0 N–H and O–H groups in total. The fourth-order valence-electron chi connectivity index (χ4n) is 3.66. The Kier molecular flexibility index (Phi) is 4.59. The zero-order chi connectivity index (χ0) is 18.8. The van der Waals surface area contributed by atoms with Gasteiger partial charge in [0.05, 0.1) is 17.1 Å². The standard InChI is InChI=1S/C21H19FN4O/c22-16-7-5-15(6-8-16)13-20-18-3-1-2-4-19(18)21(27)26(24-20)17-9-11-25(14-23)12-10-17/h1-8,17H,9-13H2. The molecule has 0 spiro atoms. The van der Waals surface area contributed by atoms with Crippen LogP contribution in [0.2, 0.25) is 0 Å². The van der Waals surface area contributed by atoms with Gasteiger partial charge >= 0.3 is 0 Å². The number of fused-ring (bicyclic) bond motifs is 1. The van der Waals surface area contributed by atoms with Crippen LogP contribution in [-0.2, 0) is 6.42 Å². The van der Waals surface area contributed by atoms with Crippen LogP contribution in [0.5, 0.6) is 0 Å². The van der Waals surface area contributed by atoms with Gasteiger partial charge in [0.15, 0.2) is 6.19 Å². The Morgan fingerprint density at radius 1 is 1.07 bits per heavy atom. The van der Waals surface area contributed by atoms with Crippen molar-refractivity contribution in [1.82, 2.24) is 14.7 Å². The molecule has 0 aliphatic carbocycles. The fourth-order valence-corrected chi connectivity index (χ4v) is 3.66. The number of piperidine rings is 1. The molecule has 2 heterocycles. The molecule has 3 aromatic rings. The van der Waals surface area contributed by atoms with Gasteiger partial charge in [-0.2, -0.15) is 10.4 Å². The molecule has 1 aliphatic rings. The van der Waals surface area contributed by atoms with E-state index in [0.29, 0.717) is 24.9 Å². The molecule has 0 saturated carbocycles. The molecule has 0 bridgehead atoms. The highest BCUT2D eigenvalue weighted by Crippen LogP contribution is 2.23. The second-order valence-electron chi connectivity index (χ2n) is 6.86. The zero-order valence-corrected chi connectivity index (χ0v) is 14.8. The maximum Gasteiger partial charge on any atom is 0.274 e. The highest BCUT2D eigenvalue weighted by Gasteiger charge is 2.23. The topological polar surface area (TPSA) is 61.9 Å². The number of benzene rings is 2. The van der Waals surface area contributed by atoms with Crippen LogP contribution in [0.25, 0.3) is 10.8 Å². The van der Waals surface area contributed by atoms with Gasteiger partial charge in [0.2, 0.25) is 0 Å². The van der Waals surface area contributed by atoms with Crippen LogP contribution >= 0.6 is 0 Å². The molecule has 0 radical (unpaired) electrons. The van der Waals surface area contributed by atoms with E-state index < -0.39 is 0 Å². The van der Waals surface area contributed by atoms with Crippen LogP contribution in [-0.4, -0.2) is 27.8 Å². The second-order valence-corrected chi connectivity index (χ2v) is 6.86. The number of hydrogen-bond donors (Lipinski definition) is 0. The van der Waals surface area contributed by atoms with Crippen molar-refractivity contribution in [3.63, 3.8) is 0 Å². The summed E-state index contributed by atoms with van der Waals surface area (Å²) in [6, 6.07) is 13.8. The molecule has 1 saturated heterocycles. The van der Waals surface area contributed by atoms with Crippen molar-refractivity contribution in [1.29, 1.82) is 5.26 Å². The zero-order valence-electron chi connectivity index (χ0n) is 14.8. The smallest absolute Gasteiger partial charge is 0.274 e. The van der Waals surface area contributed by atoms with Gasteiger partial charge in [0, 0.05) is 24.9 Å². The lowest BCUT2D eigenvalue weighted by atomic mass is 10.0. The summed E-state index contributed by atoms with van der Waals surface area (Å²) in [5.41, 5.74) is 1.65. The first kappa shape index (κ1) is 17.2. The summed E-state index contributed by atoms with van der Waals surface area (Å²) in [5, 5.41) is 15.2. The van der Waals surface area contributed by atoms with Gasteiger partial charge in [-0.05, 0) is 36.6 Å². The van der Waals surface area contributed by atoms with Gasteiger partial charge in [-0.25, -0.2) is 9.07 Å². The van der Waals surface area contributed by atoms with E-state index in [1.165, 1.54) is 12.1 Å². The minimum Gasteiger partial charge on any atom is -0.310 e. The van der Waals surface area contributed by atoms with Gasteiger partial charge < -0.3 is 4.90 Å².